The minimum Gasteiger partial charge on any atom is -0.355 e. The summed E-state index contributed by atoms with van der Waals surface area (Å²) < 4.78 is 1.88. The Morgan fingerprint density at radius 1 is 1.28 bits per heavy atom. The van der Waals surface area contributed by atoms with Crippen LogP contribution < -0.4 is 16.0 Å². The van der Waals surface area contributed by atoms with Crippen LogP contribution in [0.4, 0.5) is 10.5 Å². The van der Waals surface area contributed by atoms with Gasteiger partial charge in [-0.3, -0.25) is 9.48 Å². The predicted molar refractivity (Wildman–Crippen MR) is 98.3 cm³/mol. The van der Waals surface area contributed by atoms with Gasteiger partial charge in [-0.1, -0.05) is 11.6 Å². The highest BCUT2D eigenvalue weighted by molar-refractivity contribution is 6.34. The molecule has 8 heteroatoms. The van der Waals surface area contributed by atoms with Crippen LogP contribution in [0.25, 0.3) is 0 Å². The van der Waals surface area contributed by atoms with Gasteiger partial charge >= 0.3 is 6.03 Å². The van der Waals surface area contributed by atoms with Crippen LogP contribution in [0.3, 0.4) is 0 Å². The van der Waals surface area contributed by atoms with E-state index in [0.717, 1.165) is 11.4 Å². The fraction of sp³-hybridized carbons (Fsp3) is 0.353. The number of halogens is 1. The van der Waals surface area contributed by atoms with Crippen LogP contribution in [0, 0.1) is 13.8 Å². The quantitative estimate of drug-likeness (QED) is 0.763. The Bertz CT molecular complexity index is 787. The van der Waals surface area contributed by atoms with Gasteiger partial charge in [0.25, 0.3) is 5.91 Å². The highest BCUT2D eigenvalue weighted by Crippen LogP contribution is 2.20. The minimum atomic E-state index is -0.362. The maximum absolute atomic E-state index is 12.1. The number of hydrogen-bond donors (Lipinski definition) is 3. The minimum absolute atomic E-state index is 0.0195. The Labute approximate surface area is 151 Å². The van der Waals surface area contributed by atoms with E-state index in [0.29, 0.717) is 22.8 Å². The smallest absolute Gasteiger partial charge is 0.319 e. The van der Waals surface area contributed by atoms with E-state index in [4.69, 9.17) is 11.6 Å². The van der Waals surface area contributed by atoms with Crippen molar-refractivity contribution in [1.29, 1.82) is 0 Å². The molecule has 2 aromatic rings. The molecule has 0 spiro atoms. The number of nitrogens with one attached hydrogen (secondary N) is 3. The second-order valence-corrected chi connectivity index (χ2v) is 6.24. The van der Waals surface area contributed by atoms with Crippen molar-refractivity contribution in [3.8, 4) is 0 Å². The van der Waals surface area contributed by atoms with Crippen molar-refractivity contribution in [2.75, 3.05) is 18.9 Å². The largest absolute Gasteiger partial charge is 0.355 e. The van der Waals surface area contributed by atoms with E-state index in [2.05, 4.69) is 21.0 Å². The summed E-state index contributed by atoms with van der Waals surface area (Å²) in [7, 11) is 1.52. The molecule has 134 valence electrons. The summed E-state index contributed by atoms with van der Waals surface area (Å²) in [5.41, 5.74) is 2.77. The molecule has 0 bridgehead atoms. The molecular formula is C17H22ClN5O2. The molecule has 2 rings (SSSR count). The Kier molecular flexibility index (Phi) is 6.03. The summed E-state index contributed by atoms with van der Waals surface area (Å²) in [5.74, 6) is -0.313. The van der Waals surface area contributed by atoms with Crippen molar-refractivity contribution in [2.45, 2.75) is 26.8 Å². The van der Waals surface area contributed by atoms with E-state index in [1.165, 1.54) is 13.1 Å². The number of anilines is 1. The standard InChI is InChI=1S/C17H22ClN5O2/c1-10-7-11(2)23(22-10)12(3)9-20-17(25)21-13-5-6-15(18)14(8-13)16(24)19-4/h5-8,12H,9H2,1-4H3,(H,19,24)(H2,20,21,25)/t12-/m1/s1. The number of rotatable bonds is 5. The SMILES string of the molecule is CNC(=O)c1cc(NC(=O)NC[C@@H](C)n2nc(C)cc2C)ccc1Cl. The molecule has 1 heterocycles. The Morgan fingerprint density at radius 3 is 2.60 bits per heavy atom. The maximum atomic E-state index is 12.1. The second kappa shape index (κ2) is 8.02. The molecule has 1 atom stereocenters. The summed E-state index contributed by atoms with van der Waals surface area (Å²) in [6, 6.07) is 6.39. The van der Waals surface area contributed by atoms with Gasteiger partial charge in [-0.2, -0.15) is 5.10 Å². The summed E-state index contributed by atoms with van der Waals surface area (Å²) in [5, 5.41) is 12.7. The average molecular weight is 364 g/mol. The monoisotopic (exact) mass is 363 g/mol. The molecule has 1 aromatic heterocycles. The lowest BCUT2D eigenvalue weighted by atomic mass is 10.2. The average Bonchev–Trinajstić information content (AvgIpc) is 2.92. The molecule has 0 saturated carbocycles. The predicted octanol–water partition coefficient (Wildman–Crippen LogP) is 2.90. The van der Waals surface area contributed by atoms with Crippen LogP contribution in [0.2, 0.25) is 5.02 Å². The molecule has 0 unspecified atom stereocenters. The first kappa shape index (κ1) is 18.8. The third-order valence-corrected chi connectivity index (χ3v) is 4.05. The Balaban J connectivity index is 1.96. The van der Waals surface area contributed by atoms with E-state index in [9.17, 15) is 9.59 Å². The summed E-state index contributed by atoms with van der Waals surface area (Å²) in [6.07, 6.45) is 0. The van der Waals surface area contributed by atoms with E-state index < -0.39 is 0 Å². The van der Waals surface area contributed by atoms with E-state index in [1.54, 1.807) is 12.1 Å². The van der Waals surface area contributed by atoms with Crippen molar-refractivity contribution < 1.29 is 9.59 Å². The fourth-order valence-electron chi connectivity index (χ4n) is 2.51. The lowest BCUT2D eigenvalue weighted by molar-refractivity contribution is 0.0963. The van der Waals surface area contributed by atoms with E-state index >= 15 is 0 Å². The van der Waals surface area contributed by atoms with Crippen molar-refractivity contribution in [1.82, 2.24) is 20.4 Å². The second-order valence-electron chi connectivity index (χ2n) is 5.83. The summed E-state index contributed by atoms with van der Waals surface area (Å²) in [4.78, 5) is 23.8. The van der Waals surface area contributed by atoms with Gasteiger partial charge in [0, 0.05) is 25.0 Å². The zero-order chi connectivity index (χ0) is 18.6. The normalized spacial score (nSPS) is 11.7. The molecule has 3 N–H and O–H groups in total. The zero-order valence-electron chi connectivity index (χ0n) is 14.7. The highest BCUT2D eigenvalue weighted by atomic mass is 35.5. The van der Waals surface area contributed by atoms with Gasteiger partial charge in [0.1, 0.15) is 0 Å². The van der Waals surface area contributed by atoms with Crippen LogP contribution in [-0.2, 0) is 0 Å². The van der Waals surface area contributed by atoms with E-state index in [1.807, 2.05) is 31.5 Å². The van der Waals surface area contributed by atoms with Gasteiger partial charge < -0.3 is 16.0 Å². The number of urea groups is 1. The molecular weight excluding hydrogens is 342 g/mol. The number of aryl methyl sites for hydroxylation is 2. The van der Waals surface area contributed by atoms with Gasteiger partial charge in [-0.05, 0) is 45.0 Å². The summed E-state index contributed by atoms with van der Waals surface area (Å²) in [6.45, 7) is 6.31. The van der Waals surface area contributed by atoms with Crippen molar-refractivity contribution >= 4 is 29.2 Å². The number of carbonyl (C=O) groups is 2. The molecule has 25 heavy (non-hydrogen) atoms. The first-order chi connectivity index (χ1) is 11.8. The molecule has 0 fully saturated rings. The maximum Gasteiger partial charge on any atom is 0.319 e. The summed E-state index contributed by atoms with van der Waals surface area (Å²) >= 11 is 5.99. The molecule has 3 amide bonds. The van der Waals surface area contributed by atoms with Crippen LogP contribution in [0.1, 0.15) is 34.7 Å². The van der Waals surface area contributed by atoms with Crippen LogP contribution in [-0.4, -0.2) is 35.3 Å². The van der Waals surface area contributed by atoms with Gasteiger partial charge in [0.2, 0.25) is 0 Å². The third kappa shape index (κ3) is 4.73. The van der Waals surface area contributed by atoms with Crippen molar-refractivity contribution in [3.63, 3.8) is 0 Å². The van der Waals surface area contributed by atoms with Gasteiger partial charge in [0.05, 0.1) is 22.3 Å². The number of amides is 3. The van der Waals surface area contributed by atoms with E-state index in [-0.39, 0.29) is 18.0 Å². The molecule has 0 aliphatic rings. The van der Waals surface area contributed by atoms with Crippen LogP contribution >= 0.6 is 11.6 Å². The number of nitrogens with zero attached hydrogens (tertiary/aromatic N) is 2. The first-order valence-corrected chi connectivity index (χ1v) is 8.29. The van der Waals surface area contributed by atoms with Crippen molar-refractivity contribution in [2.24, 2.45) is 0 Å². The lowest BCUT2D eigenvalue weighted by Gasteiger charge is -2.16. The third-order valence-electron chi connectivity index (χ3n) is 3.72. The first-order valence-electron chi connectivity index (χ1n) is 7.91. The Hall–Kier alpha value is -2.54. The molecule has 0 saturated heterocycles. The fourth-order valence-corrected chi connectivity index (χ4v) is 2.71. The van der Waals surface area contributed by atoms with Crippen molar-refractivity contribution in [3.05, 3.63) is 46.2 Å². The molecule has 0 aliphatic heterocycles. The lowest BCUT2D eigenvalue weighted by Crippen LogP contribution is -2.33. The zero-order valence-corrected chi connectivity index (χ0v) is 15.4. The molecule has 1 aromatic carbocycles. The number of carbonyl (C=O) groups excluding carboxylic acids is 2. The van der Waals surface area contributed by atoms with Crippen LogP contribution in [0.15, 0.2) is 24.3 Å². The number of hydrogen-bond acceptors (Lipinski definition) is 3. The van der Waals surface area contributed by atoms with Gasteiger partial charge in [-0.15, -0.1) is 0 Å². The van der Waals surface area contributed by atoms with Gasteiger partial charge in [-0.25, -0.2) is 4.79 Å². The topological polar surface area (TPSA) is 88.0 Å². The van der Waals surface area contributed by atoms with Crippen LogP contribution in [0.5, 0.6) is 0 Å². The number of aromatic nitrogens is 2. The molecule has 0 aliphatic carbocycles. The highest BCUT2D eigenvalue weighted by Gasteiger charge is 2.13. The molecule has 0 radical (unpaired) electrons. The van der Waals surface area contributed by atoms with Gasteiger partial charge in [0.15, 0.2) is 0 Å². The molecule has 7 nitrogen and oxygen atoms in total. The Morgan fingerprint density at radius 2 is 2.00 bits per heavy atom. The number of benzene rings is 1.